The van der Waals surface area contributed by atoms with E-state index >= 15 is 0 Å². The molecular weight excluding hydrogens is 317 g/mol. The standard InChI is InChI=1S/C17H25BrFN/c1-12(2)8-13-4-3-7-17(20,10-13)11-14-5-6-15(19)9-16(14)18/h5-6,9,12-13H,3-4,7-8,10-11,20H2,1-2H3. The van der Waals surface area contributed by atoms with E-state index in [-0.39, 0.29) is 11.4 Å². The monoisotopic (exact) mass is 341 g/mol. The Balaban J connectivity index is 2.06. The zero-order chi connectivity index (χ0) is 14.8. The van der Waals surface area contributed by atoms with E-state index in [2.05, 4.69) is 29.8 Å². The molecule has 0 bridgehead atoms. The van der Waals surface area contributed by atoms with E-state index in [1.807, 2.05) is 6.07 Å². The van der Waals surface area contributed by atoms with Crippen molar-refractivity contribution in [1.82, 2.24) is 0 Å². The molecule has 0 spiro atoms. The molecule has 0 radical (unpaired) electrons. The fourth-order valence-corrected chi connectivity index (χ4v) is 4.09. The van der Waals surface area contributed by atoms with E-state index in [1.165, 1.54) is 31.4 Å². The largest absolute Gasteiger partial charge is 0.325 e. The number of nitrogens with two attached hydrogens (primary N) is 1. The smallest absolute Gasteiger partial charge is 0.124 e. The lowest BCUT2D eigenvalue weighted by atomic mass is 9.71. The maximum Gasteiger partial charge on any atom is 0.124 e. The summed E-state index contributed by atoms with van der Waals surface area (Å²) in [5.41, 5.74) is 7.65. The second-order valence-electron chi connectivity index (χ2n) is 6.87. The van der Waals surface area contributed by atoms with Gasteiger partial charge in [0.15, 0.2) is 0 Å². The van der Waals surface area contributed by atoms with Crippen LogP contribution < -0.4 is 5.73 Å². The third-order valence-electron chi connectivity index (χ3n) is 4.34. The molecule has 1 aromatic carbocycles. The van der Waals surface area contributed by atoms with Crippen molar-refractivity contribution in [2.24, 2.45) is 17.6 Å². The topological polar surface area (TPSA) is 26.0 Å². The lowest BCUT2D eigenvalue weighted by Gasteiger charge is -2.39. The molecule has 2 N–H and O–H groups in total. The fourth-order valence-electron chi connectivity index (χ4n) is 3.59. The van der Waals surface area contributed by atoms with Crippen molar-refractivity contribution in [1.29, 1.82) is 0 Å². The van der Waals surface area contributed by atoms with Gasteiger partial charge >= 0.3 is 0 Å². The minimum Gasteiger partial charge on any atom is -0.325 e. The van der Waals surface area contributed by atoms with Gasteiger partial charge in [0, 0.05) is 10.0 Å². The molecule has 1 aliphatic carbocycles. The third kappa shape index (κ3) is 4.29. The second kappa shape index (κ2) is 6.57. The van der Waals surface area contributed by atoms with Crippen molar-refractivity contribution < 1.29 is 4.39 Å². The average Bonchev–Trinajstić information content (AvgIpc) is 2.32. The normalized spacial score (nSPS) is 27.0. The van der Waals surface area contributed by atoms with Crippen molar-refractivity contribution >= 4 is 15.9 Å². The van der Waals surface area contributed by atoms with Crippen molar-refractivity contribution in [3.05, 3.63) is 34.1 Å². The van der Waals surface area contributed by atoms with Crippen molar-refractivity contribution in [3.63, 3.8) is 0 Å². The second-order valence-corrected chi connectivity index (χ2v) is 7.72. The summed E-state index contributed by atoms with van der Waals surface area (Å²) in [5.74, 6) is 1.28. The SMILES string of the molecule is CC(C)CC1CCCC(N)(Cc2ccc(F)cc2Br)C1. The van der Waals surface area contributed by atoms with E-state index in [0.717, 1.165) is 41.1 Å². The van der Waals surface area contributed by atoms with Gasteiger partial charge in [-0.05, 0) is 55.2 Å². The molecule has 0 saturated heterocycles. The van der Waals surface area contributed by atoms with Crippen LogP contribution in [-0.2, 0) is 6.42 Å². The first-order chi connectivity index (χ1) is 9.38. The van der Waals surface area contributed by atoms with Crippen molar-refractivity contribution in [2.75, 3.05) is 0 Å². The van der Waals surface area contributed by atoms with Gasteiger partial charge in [0.05, 0.1) is 0 Å². The molecule has 2 rings (SSSR count). The van der Waals surface area contributed by atoms with Crippen LogP contribution in [0.2, 0.25) is 0 Å². The molecule has 1 aromatic rings. The summed E-state index contributed by atoms with van der Waals surface area (Å²) in [6, 6.07) is 4.92. The van der Waals surface area contributed by atoms with Crippen LogP contribution in [0.25, 0.3) is 0 Å². The molecule has 1 saturated carbocycles. The van der Waals surface area contributed by atoms with Gasteiger partial charge in [-0.1, -0.05) is 48.7 Å². The van der Waals surface area contributed by atoms with E-state index in [0.29, 0.717) is 0 Å². The molecule has 112 valence electrons. The highest BCUT2D eigenvalue weighted by Gasteiger charge is 2.33. The molecule has 1 nitrogen and oxygen atoms in total. The third-order valence-corrected chi connectivity index (χ3v) is 5.08. The Morgan fingerprint density at radius 2 is 2.20 bits per heavy atom. The van der Waals surface area contributed by atoms with Gasteiger partial charge in [0.1, 0.15) is 5.82 Å². The Labute approximate surface area is 130 Å². The van der Waals surface area contributed by atoms with Crippen LogP contribution >= 0.6 is 15.9 Å². The summed E-state index contributed by atoms with van der Waals surface area (Å²) in [4.78, 5) is 0. The Bertz CT molecular complexity index is 460. The number of hydrogen-bond acceptors (Lipinski definition) is 1. The first-order valence-corrected chi connectivity index (χ1v) is 8.40. The van der Waals surface area contributed by atoms with Crippen molar-refractivity contribution in [2.45, 2.75) is 57.9 Å². The number of hydrogen-bond donors (Lipinski definition) is 1. The summed E-state index contributed by atoms with van der Waals surface area (Å²) in [6.45, 7) is 4.56. The molecule has 1 fully saturated rings. The van der Waals surface area contributed by atoms with Crippen molar-refractivity contribution in [3.8, 4) is 0 Å². The van der Waals surface area contributed by atoms with Crippen LogP contribution in [-0.4, -0.2) is 5.54 Å². The van der Waals surface area contributed by atoms with Gasteiger partial charge < -0.3 is 5.73 Å². The summed E-state index contributed by atoms with van der Waals surface area (Å²) < 4.78 is 14.0. The Hall–Kier alpha value is -0.410. The molecule has 2 atom stereocenters. The highest BCUT2D eigenvalue weighted by molar-refractivity contribution is 9.10. The molecule has 2 unspecified atom stereocenters. The maximum atomic E-state index is 13.2. The molecule has 20 heavy (non-hydrogen) atoms. The zero-order valence-electron chi connectivity index (χ0n) is 12.5. The van der Waals surface area contributed by atoms with Crippen LogP contribution in [0, 0.1) is 17.7 Å². The zero-order valence-corrected chi connectivity index (χ0v) is 14.0. The molecule has 1 aliphatic rings. The Kier molecular flexibility index (Phi) is 5.25. The number of benzene rings is 1. The number of halogens is 2. The van der Waals surface area contributed by atoms with E-state index < -0.39 is 0 Å². The molecule has 0 aliphatic heterocycles. The van der Waals surface area contributed by atoms with Gasteiger partial charge in [-0.3, -0.25) is 0 Å². The predicted octanol–water partition coefficient (Wildman–Crippen LogP) is 5.06. The molecule has 0 heterocycles. The molecule has 0 aromatic heterocycles. The number of rotatable bonds is 4. The van der Waals surface area contributed by atoms with Gasteiger partial charge in [0.2, 0.25) is 0 Å². The molecular formula is C17H25BrFN. The Morgan fingerprint density at radius 1 is 1.45 bits per heavy atom. The summed E-state index contributed by atoms with van der Waals surface area (Å²) in [7, 11) is 0. The molecule has 3 heteroatoms. The minimum absolute atomic E-state index is 0.127. The molecule has 0 amide bonds. The first-order valence-electron chi connectivity index (χ1n) is 7.61. The average molecular weight is 342 g/mol. The van der Waals surface area contributed by atoms with Crippen LogP contribution in [0.1, 0.15) is 51.5 Å². The van der Waals surface area contributed by atoms with Gasteiger partial charge in [-0.25, -0.2) is 4.39 Å². The lowest BCUT2D eigenvalue weighted by Crippen LogP contribution is -2.46. The summed E-state index contributed by atoms with van der Waals surface area (Å²) in [6.07, 6.45) is 6.79. The predicted molar refractivity (Wildman–Crippen MR) is 86.1 cm³/mol. The van der Waals surface area contributed by atoms with E-state index in [4.69, 9.17) is 5.73 Å². The highest BCUT2D eigenvalue weighted by Crippen LogP contribution is 2.37. The first kappa shape index (κ1) is 16.0. The van der Waals surface area contributed by atoms with Gasteiger partial charge in [-0.2, -0.15) is 0 Å². The van der Waals surface area contributed by atoms with E-state index in [1.54, 1.807) is 0 Å². The highest BCUT2D eigenvalue weighted by atomic mass is 79.9. The quantitative estimate of drug-likeness (QED) is 0.813. The van der Waals surface area contributed by atoms with Gasteiger partial charge in [0.25, 0.3) is 0 Å². The van der Waals surface area contributed by atoms with E-state index in [9.17, 15) is 4.39 Å². The van der Waals surface area contributed by atoms with Crippen LogP contribution in [0.3, 0.4) is 0 Å². The van der Waals surface area contributed by atoms with Gasteiger partial charge in [-0.15, -0.1) is 0 Å². The fraction of sp³-hybridized carbons (Fsp3) is 0.647. The summed E-state index contributed by atoms with van der Waals surface area (Å²) >= 11 is 3.46. The Morgan fingerprint density at radius 3 is 2.85 bits per heavy atom. The lowest BCUT2D eigenvalue weighted by molar-refractivity contribution is 0.200. The summed E-state index contributed by atoms with van der Waals surface area (Å²) in [5, 5.41) is 0. The van der Waals surface area contributed by atoms with Crippen LogP contribution in [0.4, 0.5) is 4.39 Å². The maximum absolute atomic E-state index is 13.2. The van der Waals surface area contributed by atoms with Crippen LogP contribution in [0.5, 0.6) is 0 Å². The van der Waals surface area contributed by atoms with Crippen LogP contribution in [0.15, 0.2) is 22.7 Å². The minimum atomic E-state index is -0.201.